The van der Waals surface area contributed by atoms with E-state index in [2.05, 4.69) is 4.90 Å². The number of hydrogen-bond acceptors (Lipinski definition) is 5. The van der Waals surface area contributed by atoms with Crippen molar-refractivity contribution in [2.75, 3.05) is 53.4 Å². The lowest BCUT2D eigenvalue weighted by Crippen LogP contribution is -2.38. The Morgan fingerprint density at radius 2 is 1.90 bits per heavy atom. The molecule has 0 aromatic carbocycles. The van der Waals surface area contributed by atoms with Crippen molar-refractivity contribution < 1.29 is 17.9 Å². The van der Waals surface area contributed by atoms with Crippen LogP contribution in [0.3, 0.4) is 0 Å². The van der Waals surface area contributed by atoms with Gasteiger partial charge in [-0.3, -0.25) is 4.90 Å². The number of hydrogen-bond donors (Lipinski definition) is 0. The molecule has 2 aliphatic rings. The largest absolute Gasteiger partial charge is 0.448 e. The Balaban J connectivity index is 1.75. The van der Waals surface area contributed by atoms with Crippen LogP contribution in [0.25, 0.3) is 0 Å². The highest BCUT2D eigenvalue weighted by molar-refractivity contribution is 7.90. The summed E-state index contributed by atoms with van der Waals surface area (Å²) in [6.07, 6.45) is 2.10. The SMILES string of the molecule is CN(C)C(=O)OCCN1CCCN(S(=O)(=O)C2CC2)CC1. The summed E-state index contributed by atoms with van der Waals surface area (Å²) in [6.45, 7) is 3.68. The van der Waals surface area contributed by atoms with E-state index in [-0.39, 0.29) is 11.3 Å². The van der Waals surface area contributed by atoms with Gasteiger partial charge in [-0.1, -0.05) is 0 Å². The highest BCUT2D eigenvalue weighted by Gasteiger charge is 2.40. The zero-order valence-corrected chi connectivity index (χ0v) is 13.6. The molecule has 0 spiro atoms. The van der Waals surface area contributed by atoms with E-state index in [9.17, 15) is 13.2 Å². The maximum Gasteiger partial charge on any atom is 0.409 e. The summed E-state index contributed by atoms with van der Waals surface area (Å²) in [5, 5.41) is -0.134. The van der Waals surface area contributed by atoms with Crippen molar-refractivity contribution in [1.82, 2.24) is 14.1 Å². The second-order valence-corrected chi connectivity index (χ2v) is 8.06. The molecule has 8 heteroatoms. The second kappa shape index (κ2) is 6.93. The first-order chi connectivity index (χ1) is 9.91. The molecule has 122 valence electrons. The summed E-state index contributed by atoms with van der Waals surface area (Å²) in [4.78, 5) is 14.9. The molecule has 1 amide bonds. The molecule has 1 heterocycles. The molecular weight excluding hydrogens is 294 g/mol. The molecule has 1 saturated heterocycles. The van der Waals surface area contributed by atoms with Gasteiger partial charge in [-0.2, -0.15) is 0 Å². The zero-order valence-electron chi connectivity index (χ0n) is 12.8. The quantitative estimate of drug-likeness (QED) is 0.723. The number of sulfonamides is 1. The van der Waals surface area contributed by atoms with Gasteiger partial charge in [-0.15, -0.1) is 0 Å². The number of amides is 1. The van der Waals surface area contributed by atoms with E-state index in [1.165, 1.54) is 4.90 Å². The molecule has 0 atom stereocenters. The molecule has 0 bridgehead atoms. The maximum absolute atomic E-state index is 12.2. The van der Waals surface area contributed by atoms with Gasteiger partial charge in [0.2, 0.25) is 10.0 Å². The van der Waals surface area contributed by atoms with Gasteiger partial charge in [-0.05, 0) is 25.8 Å². The molecule has 0 radical (unpaired) electrons. The number of carbonyl (C=O) groups is 1. The van der Waals surface area contributed by atoms with Crippen molar-refractivity contribution in [2.45, 2.75) is 24.5 Å². The van der Waals surface area contributed by atoms with Crippen LogP contribution in [-0.2, 0) is 14.8 Å². The maximum atomic E-state index is 12.2. The molecule has 0 aromatic heterocycles. The van der Waals surface area contributed by atoms with Crippen LogP contribution in [0.15, 0.2) is 0 Å². The average Bonchev–Trinajstić information content (AvgIpc) is 3.25. The Kier molecular flexibility index (Phi) is 5.45. The molecule has 0 unspecified atom stereocenters. The Hall–Kier alpha value is -0.860. The molecular formula is C13H25N3O4S. The molecule has 0 aromatic rings. The third kappa shape index (κ3) is 4.55. The van der Waals surface area contributed by atoms with Crippen LogP contribution in [0.4, 0.5) is 4.79 Å². The minimum Gasteiger partial charge on any atom is -0.448 e. The van der Waals surface area contributed by atoms with Gasteiger partial charge in [0, 0.05) is 40.3 Å². The highest BCUT2D eigenvalue weighted by Crippen LogP contribution is 2.31. The third-order valence-corrected chi connectivity index (χ3v) is 6.25. The lowest BCUT2D eigenvalue weighted by molar-refractivity contribution is 0.105. The van der Waals surface area contributed by atoms with Gasteiger partial charge in [0.25, 0.3) is 0 Å². The van der Waals surface area contributed by atoms with Crippen molar-refractivity contribution in [3.05, 3.63) is 0 Å². The standard InChI is InChI=1S/C13H25N3O4S/c1-14(2)13(17)20-11-10-15-6-3-7-16(9-8-15)21(18,19)12-4-5-12/h12H,3-11H2,1-2H3. The van der Waals surface area contributed by atoms with E-state index in [1.807, 2.05) is 0 Å². The fraction of sp³-hybridized carbons (Fsp3) is 0.923. The van der Waals surface area contributed by atoms with Crippen LogP contribution in [0, 0.1) is 0 Å². The predicted molar refractivity (Wildman–Crippen MR) is 79.6 cm³/mol. The van der Waals surface area contributed by atoms with E-state index in [4.69, 9.17) is 4.74 Å². The van der Waals surface area contributed by atoms with Crippen LogP contribution >= 0.6 is 0 Å². The molecule has 1 aliphatic heterocycles. The van der Waals surface area contributed by atoms with Crippen molar-refractivity contribution in [2.24, 2.45) is 0 Å². The molecule has 21 heavy (non-hydrogen) atoms. The number of rotatable bonds is 5. The van der Waals surface area contributed by atoms with Crippen molar-refractivity contribution in [3.8, 4) is 0 Å². The summed E-state index contributed by atoms with van der Waals surface area (Å²) in [6, 6.07) is 0. The molecule has 7 nitrogen and oxygen atoms in total. The Labute approximate surface area is 126 Å². The topological polar surface area (TPSA) is 70.2 Å². The van der Waals surface area contributed by atoms with Crippen LogP contribution in [0.1, 0.15) is 19.3 Å². The fourth-order valence-electron chi connectivity index (χ4n) is 2.39. The first-order valence-electron chi connectivity index (χ1n) is 7.46. The van der Waals surface area contributed by atoms with Crippen LogP contribution in [0.5, 0.6) is 0 Å². The summed E-state index contributed by atoms with van der Waals surface area (Å²) < 4.78 is 31.2. The van der Waals surface area contributed by atoms with Crippen LogP contribution in [-0.4, -0.2) is 87.3 Å². The van der Waals surface area contributed by atoms with E-state index < -0.39 is 10.0 Å². The molecule has 2 fully saturated rings. The highest BCUT2D eigenvalue weighted by atomic mass is 32.2. The predicted octanol–water partition coefficient (Wildman–Crippen LogP) is 0.185. The summed E-state index contributed by atoms with van der Waals surface area (Å²) >= 11 is 0. The molecule has 1 saturated carbocycles. The average molecular weight is 319 g/mol. The van der Waals surface area contributed by atoms with E-state index in [1.54, 1.807) is 18.4 Å². The van der Waals surface area contributed by atoms with Crippen molar-refractivity contribution in [1.29, 1.82) is 0 Å². The third-order valence-electron chi connectivity index (χ3n) is 3.85. The van der Waals surface area contributed by atoms with Gasteiger partial charge in [0.15, 0.2) is 0 Å². The molecule has 1 aliphatic carbocycles. The van der Waals surface area contributed by atoms with Crippen molar-refractivity contribution >= 4 is 16.1 Å². The Morgan fingerprint density at radius 3 is 2.52 bits per heavy atom. The summed E-state index contributed by atoms with van der Waals surface area (Å²) in [7, 11) is 0.229. The minimum absolute atomic E-state index is 0.134. The monoisotopic (exact) mass is 319 g/mol. The van der Waals surface area contributed by atoms with Crippen molar-refractivity contribution in [3.63, 3.8) is 0 Å². The fourth-order valence-corrected chi connectivity index (χ4v) is 4.27. The number of ether oxygens (including phenoxy) is 1. The first kappa shape index (κ1) is 16.5. The van der Waals surface area contributed by atoms with Crippen LogP contribution in [0.2, 0.25) is 0 Å². The van der Waals surface area contributed by atoms with Gasteiger partial charge in [0.05, 0.1) is 5.25 Å². The summed E-state index contributed by atoms with van der Waals surface area (Å²) in [5.74, 6) is 0. The lowest BCUT2D eigenvalue weighted by Gasteiger charge is -2.21. The smallest absolute Gasteiger partial charge is 0.409 e. The van der Waals surface area contributed by atoms with Gasteiger partial charge < -0.3 is 9.64 Å². The van der Waals surface area contributed by atoms with Crippen LogP contribution < -0.4 is 0 Å². The van der Waals surface area contributed by atoms with Gasteiger partial charge >= 0.3 is 6.09 Å². The van der Waals surface area contributed by atoms with Gasteiger partial charge in [-0.25, -0.2) is 17.5 Å². The normalized spacial score (nSPS) is 21.8. The first-order valence-corrected chi connectivity index (χ1v) is 8.97. The van der Waals surface area contributed by atoms with E-state index >= 15 is 0 Å². The Morgan fingerprint density at radius 1 is 1.19 bits per heavy atom. The lowest BCUT2D eigenvalue weighted by atomic mass is 10.4. The summed E-state index contributed by atoms with van der Waals surface area (Å²) in [5.41, 5.74) is 0. The Bertz CT molecular complexity index is 462. The van der Waals surface area contributed by atoms with E-state index in [0.29, 0.717) is 32.8 Å². The second-order valence-electron chi connectivity index (χ2n) is 5.85. The number of carbonyl (C=O) groups excluding carboxylic acids is 1. The zero-order chi connectivity index (χ0) is 15.5. The van der Waals surface area contributed by atoms with Gasteiger partial charge in [0.1, 0.15) is 6.61 Å². The molecule has 0 N–H and O–H groups in total. The van der Waals surface area contributed by atoms with E-state index in [0.717, 1.165) is 25.8 Å². The minimum atomic E-state index is -3.07. The number of nitrogens with zero attached hydrogens (tertiary/aromatic N) is 3. The molecule has 2 rings (SSSR count).